The maximum Gasteiger partial charge on any atom is 0.137 e. The second-order valence-corrected chi connectivity index (χ2v) is 6.00. The summed E-state index contributed by atoms with van der Waals surface area (Å²) in [6.45, 7) is 3.12. The predicted molar refractivity (Wildman–Crippen MR) is 78.5 cm³/mol. The second-order valence-electron chi connectivity index (χ2n) is 5.56. The summed E-state index contributed by atoms with van der Waals surface area (Å²) in [5, 5.41) is 4.35. The molecule has 0 aliphatic heterocycles. The average Bonchev–Trinajstić information content (AvgIpc) is 3.04. The van der Waals surface area contributed by atoms with E-state index >= 15 is 0 Å². The molecule has 1 N–H and O–H groups in total. The number of pyridine rings is 1. The van der Waals surface area contributed by atoms with Crippen LogP contribution in [0.4, 0.5) is 0 Å². The third-order valence-electron chi connectivity index (χ3n) is 4.18. The van der Waals surface area contributed by atoms with Gasteiger partial charge in [-0.3, -0.25) is 0 Å². The number of halogens is 1. The van der Waals surface area contributed by atoms with E-state index in [1.165, 1.54) is 25.7 Å². The third kappa shape index (κ3) is 2.93. The first kappa shape index (κ1) is 12.9. The van der Waals surface area contributed by atoms with Gasteiger partial charge in [-0.2, -0.15) is 0 Å². The summed E-state index contributed by atoms with van der Waals surface area (Å²) in [5.74, 6) is 0.839. The molecule has 1 saturated carbocycles. The van der Waals surface area contributed by atoms with Crippen molar-refractivity contribution in [3.8, 4) is 0 Å². The third-order valence-corrected chi connectivity index (χ3v) is 4.40. The van der Waals surface area contributed by atoms with Crippen molar-refractivity contribution in [3.05, 3.63) is 35.2 Å². The second kappa shape index (κ2) is 5.51. The zero-order chi connectivity index (χ0) is 13.2. The quantitative estimate of drug-likeness (QED) is 0.924. The van der Waals surface area contributed by atoms with E-state index in [9.17, 15) is 0 Å². The lowest BCUT2D eigenvalue weighted by molar-refractivity contribution is 0.379. The van der Waals surface area contributed by atoms with Crippen LogP contribution in [0.15, 0.2) is 24.5 Å². The minimum absolute atomic E-state index is 0.580. The van der Waals surface area contributed by atoms with Crippen LogP contribution in [0.1, 0.15) is 38.3 Å². The van der Waals surface area contributed by atoms with Crippen molar-refractivity contribution >= 4 is 17.2 Å². The SMILES string of the molecule is CC(NCc1cn2cc(Cl)ccc2n1)C1CCCC1. The summed E-state index contributed by atoms with van der Waals surface area (Å²) in [4.78, 5) is 4.59. The number of imidazole rings is 1. The van der Waals surface area contributed by atoms with Gasteiger partial charge in [-0.25, -0.2) is 4.98 Å². The molecule has 0 spiro atoms. The molecule has 0 bridgehead atoms. The van der Waals surface area contributed by atoms with Crippen molar-refractivity contribution in [3.63, 3.8) is 0 Å². The van der Waals surface area contributed by atoms with E-state index in [4.69, 9.17) is 11.6 Å². The molecular formula is C15H20ClN3. The highest BCUT2D eigenvalue weighted by molar-refractivity contribution is 6.30. The summed E-state index contributed by atoms with van der Waals surface area (Å²) in [6.07, 6.45) is 9.47. The van der Waals surface area contributed by atoms with Crippen molar-refractivity contribution in [2.75, 3.05) is 0 Å². The van der Waals surface area contributed by atoms with Crippen molar-refractivity contribution < 1.29 is 0 Å². The minimum atomic E-state index is 0.580. The molecule has 102 valence electrons. The molecule has 1 atom stereocenters. The summed E-state index contributed by atoms with van der Waals surface area (Å²) in [5.41, 5.74) is 2.03. The van der Waals surface area contributed by atoms with Crippen molar-refractivity contribution in [1.82, 2.24) is 14.7 Å². The summed E-state index contributed by atoms with van der Waals surface area (Å²) < 4.78 is 1.99. The van der Waals surface area contributed by atoms with Gasteiger partial charge in [0.05, 0.1) is 10.7 Å². The van der Waals surface area contributed by atoms with Crippen molar-refractivity contribution in [2.45, 2.75) is 45.2 Å². The van der Waals surface area contributed by atoms with Gasteiger partial charge in [-0.15, -0.1) is 0 Å². The van der Waals surface area contributed by atoms with E-state index in [0.29, 0.717) is 6.04 Å². The molecule has 1 fully saturated rings. The van der Waals surface area contributed by atoms with Gasteiger partial charge in [-0.05, 0) is 37.8 Å². The topological polar surface area (TPSA) is 29.3 Å². The molecule has 0 saturated heterocycles. The van der Waals surface area contributed by atoms with Crippen LogP contribution < -0.4 is 5.32 Å². The Morgan fingerprint density at radius 1 is 1.37 bits per heavy atom. The molecular weight excluding hydrogens is 258 g/mol. The van der Waals surface area contributed by atoms with Gasteiger partial charge in [0, 0.05) is 25.0 Å². The lowest BCUT2D eigenvalue weighted by Crippen LogP contribution is -2.31. The van der Waals surface area contributed by atoms with E-state index in [2.05, 4.69) is 23.4 Å². The highest BCUT2D eigenvalue weighted by atomic mass is 35.5. The van der Waals surface area contributed by atoms with Gasteiger partial charge in [0.2, 0.25) is 0 Å². The molecule has 3 nitrogen and oxygen atoms in total. The number of rotatable bonds is 4. The van der Waals surface area contributed by atoms with E-state index in [-0.39, 0.29) is 0 Å². The fourth-order valence-electron chi connectivity index (χ4n) is 2.99. The molecule has 2 aromatic heterocycles. The van der Waals surface area contributed by atoms with Gasteiger partial charge >= 0.3 is 0 Å². The Morgan fingerprint density at radius 2 is 2.16 bits per heavy atom. The zero-order valence-electron chi connectivity index (χ0n) is 11.3. The number of nitrogens with zero attached hydrogens (tertiary/aromatic N) is 2. The monoisotopic (exact) mass is 277 g/mol. The Morgan fingerprint density at radius 3 is 2.95 bits per heavy atom. The normalized spacial score (nSPS) is 18.2. The molecule has 0 radical (unpaired) electrons. The number of nitrogens with one attached hydrogen (secondary N) is 1. The lowest BCUT2D eigenvalue weighted by atomic mass is 10.00. The molecule has 3 rings (SSSR count). The fourth-order valence-corrected chi connectivity index (χ4v) is 3.16. The van der Waals surface area contributed by atoms with Crippen LogP contribution in [0.2, 0.25) is 5.02 Å². The van der Waals surface area contributed by atoms with Gasteiger partial charge in [-0.1, -0.05) is 24.4 Å². The molecule has 2 aromatic rings. The van der Waals surface area contributed by atoms with Crippen LogP contribution >= 0.6 is 11.6 Å². The number of hydrogen-bond acceptors (Lipinski definition) is 2. The molecule has 1 unspecified atom stereocenters. The van der Waals surface area contributed by atoms with Crippen LogP contribution in [0.5, 0.6) is 0 Å². The summed E-state index contributed by atoms with van der Waals surface area (Å²) in [6, 6.07) is 4.41. The smallest absolute Gasteiger partial charge is 0.137 e. The first-order chi connectivity index (χ1) is 9.22. The average molecular weight is 278 g/mol. The van der Waals surface area contributed by atoms with E-state index < -0.39 is 0 Å². The van der Waals surface area contributed by atoms with Gasteiger partial charge in [0.15, 0.2) is 0 Å². The van der Waals surface area contributed by atoms with Crippen molar-refractivity contribution in [2.24, 2.45) is 5.92 Å². The van der Waals surface area contributed by atoms with E-state index in [1.54, 1.807) is 0 Å². The fraction of sp³-hybridized carbons (Fsp3) is 0.533. The van der Waals surface area contributed by atoms with Crippen LogP contribution in [0.3, 0.4) is 0 Å². The Balaban J connectivity index is 1.64. The lowest BCUT2D eigenvalue weighted by Gasteiger charge is -2.19. The summed E-state index contributed by atoms with van der Waals surface area (Å²) in [7, 11) is 0. The predicted octanol–water partition coefficient (Wildman–Crippen LogP) is 3.66. The minimum Gasteiger partial charge on any atom is -0.308 e. The number of fused-ring (bicyclic) bond motifs is 1. The zero-order valence-corrected chi connectivity index (χ0v) is 12.0. The number of hydrogen-bond donors (Lipinski definition) is 1. The van der Waals surface area contributed by atoms with Gasteiger partial charge in [0.1, 0.15) is 5.65 Å². The highest BCUT2D eigenvalue weighted by Gasteiger charge is 2.21. The molecule has 2 heterocycles. The number of aromatic nitrogens is 2. The molecule has 0 aromatic carbocycles. The Kier molecular flexibility index (Phi) is 3.76. The van der Waals surface area contributed by atoms with Crippen molar-refractivity contribution in [1.29, 1.82) is 0 Å². The summed E-state index contributed by atoms with van der Waals surface area (Å²) >= 11 is 5.98. The first-order valence-corrected chi connectivity index (χ1v) is 7.47. The Hall–Kier alpha value is -1.06. The Labute approximate surface area is 119 Å². The van der Waals surface area contributed by atoms with Gasteiger partial charge < -0.3 is 9.72 Å². The molecule has 1 aliphatic carbocycles. The van der Waals surface area contributed by atoms with Crippen LogP contribution in [0.25, 0.3) is 5.65 Å². The standard InChI is InChI=1S/C15H20ClN3/c1-11(12-4-2-3-5-12)17-8-14-10-19-9-13(16)6-7-15(19)18-14/h6-7,9-12,17H,2-5,8H2,1H3. The highest BCUT2D eigenvalue weighted by Crippen LogP contribution is 2.27. The largest absolute Gasteiger partial charge is 0.308 e. The van der Waals surface area contributed by atoms with Gasteiger partial charge in [0.25, 0.3) is 0 Å². The molecule has 19 heavy (non-hydrogen) atoms. The molecule has 0 amide bonds. The molecule has 1 aliphatic rings. The molecule has 4 heteroatoms. The van der Waals surface area contributed by atoms with Crippen LogP contribution in [-0.4, -0.2) is 15.4 Å². The maximum absolute atomic E-state index is 5.98. The van der Waals surface area contributed by atoms with E-state index in [0.717, 1.165) is 28.8 Å². The first-order valence-electron chi connectivity index (χ1n) is 7.09. The Bertz CT molecular complexity index is 558. The van der Waals surface area contributed by atoms with E-state index in [1.807, 2.05) is 22.7 Å². The van der Waals surface area contributed by atoms with Crippen LogP contribution in [-0.2, 0) is 6.54 Å². The van der Waals surface area contributed by atoms with Crippen LogP contribution in [0, 0.1) is 5.92 Å². The maximum atomic E-state index is 5.98.